The Morgan fingerprint density at radius 1 is 1.36 bits per heavy atom. The zero-order valence-electron chi connectivity index (χ0n) is 12.2. The van der Waals surface area contributed by atoms with Crippen LogP contribution in [0.4, 0.5) is 18.9 Å². The van der Waals surface area contributed by atoms with Gasteiger partial charge in [-0.3, -0.25) is 9.00 Å². The molecule has 22 heavy (non-hydrogen) atoms. The van der Waals surface area contributed by atoms with Crippen LogP contribution >= 0.6 is 0 Å². The van der Waals surface area contributed by atoms with Crippen LogP contribution in [0.3, 0.4) is 0 Å². The summed E-state index contributed by atoms with van der Waals surface area (Å²) in [4.78, 5) is 16.1. The summed E-state index contributed by atoms with van der Waals surface area (Å²) in [6.45, 7) is 1.53. The van der Waals surface area contributed by atoms with E-state index in [0.717, 1.165) is 4.90 Å². The summed E-state index contributed by atoms with van der Waals surface area (Å²) in [5.74, 6) is -0.394. The molecular weight excluding hydrogens is 321 g/mol. The predicted octanol–water partition coefficient (Wildman–Crippen LogP) is 2.14. The van der Waals surface area contributed by atoms with Gasteiger partial charge in [-0.1, -0.05) is 6.92 Å². The third-order valence-electron chi connectivity index (χ3n) is 2.58. The summed E-state index contributed by atoms with van der Waals surface area (Å²) in [5.41, 5.74) is 0.113. The van der Waals surface area contributed by atoms with Crippen LogP contribution in [0.2, 0.25) is 0 Å². The lowest BCUT2D eigenvalue weighted by Crippen LogP contribution is -2.38. The third-order valence-corrected chi connectivity index (χ3v) is 3.81. The van der Waals surface area contributed by atoms with Gasteiger partial charge in [-0.2, -0.15) is 13.2 Å². The Bertz CT molecular complexity index is 520. The van der Waals surface area contributed by atoms with Crippen LogP contribution in [-0.4, -0.2) is 46.8 Å². The second-order valence-electron chi connectivity index (χ2n) is 4.27. The van der Waals surface area contributed by atoms with Crippen LogP contribution in [0.5, 0.6) is 0 Å². The molecule has 1 aromatic rings. The SMILES string of the molecule is CCOC(=O)CN(CC(F)(F)F)c1ccc(S(=O)CC)nc1. The van der Waals surface area contributed by atoms with Crippen LogP contribution in [0.1, 0.15) is 13.8 Å². The van der Waals surface area contributed by atoms with E-state index in [9.17, 15) is 22.2 Å². The summed E-state index contributed by atoms with van der Waals surface area (Å²) in [5, 5.41) is 0.286. The first kappa shape index (κ1) is 18.4. The molecule has 0 aromatic carbocycles. The number of anilines is 1. The molecule has 5 nitrogen and oxygen atoms in total. The van der Waals surface area contributed by atoms with E-state index >= 15 is 0 Å². The normalized spacial score (nSPS) is 12.8. The van der Waals surface area contributed by atoms with E-state index in [0.29, 0.717) is 5.75 Å². The van der Waals surface area contributed by atoms with Gasteiger partial charge in [0, 0.05) is 5.75 Å². The molecule has 124 valence electrons. The molecular formula is C13H17F3N2O3S. The van der Waals surface area contributed by atoms with Gasteiger partial charge in [-0.05, 0) is 19.1 Å². The molecule has 1 unspecified atom stereocenters. The number of nitrogens with zero attached hydrogens (tertiary/aromatic N) is 2. The van der Waals surface area contributed by atoms with E-state index < -0.39 is 36.0 Å². The number of hydrogen-bond donors (Lipinski definition) is 0. The molecule has 0 fully saturated rings. The number of alkyl halides is 3. The molecule has 0 saturated heterocycles. The van der Waals surface area contributed by atoms with Crippen molar-refractivity contribution < 1.29 is 26.9 Å². The Kier molecular flexibility index (Phi) is 6.79. The van der Waals surface area contributed by atoms with Crippen molar-refractivity contribution in [1.82, 2.24) is 4.98 Å². The summed E-state index contributed by atoms with van der Waals surface area (Å²) in [7, 11) is -1.29. The number of halogens is 3. The Morgan fingerprint density at radius 3 is 2.50 bits per heavy atom. The molecule has 0 bridgehead atoms. The molecule has 0 aliphatic carbocycles. The lowest BCUT2D eigenvalue weighted by Gasteiger charge is -2.24. The maximum Gasteiger partial charge on any atom is 0.405 e. The zero-order chi connectivity index (χ0) is 16.8. The number of carbonyl (C=O) groups is 1. The molecule has 1 heterocycles. The van der Waals surface area contributed by atoms with Crippen LogP contribution < -0.4 is 4.90 Å². The van der Waals surface area contributed by atoms with Crippen LogP contribution in [-0.2, 0) is 20.3 Å². The molecule has 0 aliphatic rings. The summed E-state index contributed by atoms with van der Waals surface area (Å²) in [6.07, 6.45) is -3.30. The molecule has 1 atom stereocenters. The topological polar surface area (TPSA) is 59.5 Å². The Labute approximate surface area is 128 Å². The highest BCUT2D eigenvalue weighted by atomic mass is 32.2. The Hall–Kier alpha value is -1.64. The van der Waals surface area contributed by atoms with Crippen molar-refractivity contribution in [2.45, 2.75) is 25.0 Å². The lowest BCUT2D eigenvalue weighted by atomic mass is 10.3. The highest BCUT2D eigenvalue weighted by molar-refractivity contribution is 7.84. The largest absolute Gasteiger partial charge is 0.465 e. The van der Waals surface area contributed by atoms with E-state index in [1.165, 1.54) is 18.3 Å². The monoisotopic (exact) mass is 338 g/mol. The summed E-state index contributed by atoms with van der Waals surface area (Å²) < 4.78 is 54.1. The van der Waals surface area contributed by atoms with Crippen molar-refractivity contribution in [1.29, 1.82) is 0 Å². The minimum Gasteiger partial charge on any atom is -0.465 e. The molecule has 0 aliphatic heterocycles. The maximum absolute atomic E-state index is 12.6. The summed E-state index contributed by atoms with van der Waals surface area (Å²) in [6, 6.07) is 2.75. The predicted molar refractivity (Wildman–Crippen MR) is 76.1 cm³/mol. The third kappa shape index (κ3) is 6.00. The fourth-order valence-corrected chi connectivity index (χ4v) is 2.35. The first-order valence-electron chi connectivity index (χ1n) is 6.58. The minimum absolute atomic E-state index is 0.0887. The van der Waals surface area contributed by atoms with Gasteiger partial charge in [-0.15, -0.1) is 0 Å². The van der Waals surface area contributed by atoms with E-state index in [-0.39, 0.29) is 17.3 Å². The number of ether oxygens (including phenoxy) is 1. The minimum atomic E-state index is -4.47. The van der Waals surface area contributed by atoms with E-state index in [4.69, 9.17) is 0 Å². The van der Waals surface area contributed by atoms with Gasteiger partial charge in [-0.25, -0.2) is 4.98 Å². The zero-order valence-corrected chi connectivity index (χ0v) is 13.0. The molecule has 1 rings (SSSR count). The number of pyridine rings is 1. The number of carbonyl (C=O) groups excluding carboxylic acids is 1. The highest BCUT2D eigenvalue weighted by Crippen LogP contribution is 2.22. The van der Waals surface area contributed by atoms with Crippen LogP contribution in [0.25, 0.3) is 0 Å². The van der Waals surface area contributed by atoms with Crippen molar-refractivity contribution in [3.8, 4) is 0 Å². The van der Waals surface area contributed by atoms with Crippen molar-refractivity contribution >= 4 is 22.5 Å². The molecule has 0 spiro atoms. The standard InChI is InChI=1S/C13H17F3N2O3S/c1-3-21-12(19)8-18(9-13(14,15)16)10-5-6-11(17-7-10)22(20)4-2/h5-7H,3-4,8-9H2,1-2H3. The van der Waals surface area contributed by atoms with Crippen molar-refractivity contribution in [2.75, 3.05) is 30.3 Å². The first-order chi connectivity index (χ1) is 10.3. The maximum atomic E-state index is 12.6. The average molecular weight is 338 g/mol. The molecule has 0 amide bonds. The molecule has 0 radical (unpaired) electrons. The Morgan fingerprint density at radius 2 is 2.05 bits per heavy atom. The van der Waals surface area contributed by atoms with Crippen molar-refractivity contribution in [2.24, 2.45) is 0 Å². The quantitative estimate of drug-likeness (QED) is 0.713. The number of hydrogen-bond acceptors (Lipinski definition) is 5. The van der Waals surface area contributed by atoms with E-state index in [1.54, 1.807) is 13.8 Å². The Balaban J connectivity index is 2.94. The second-order valence-corrected chi connectivity index (χ2v) is 5.95. The molecule has 9 heteroatoms. The van der Waals surface area contributed by atoms with Gasteiger partial charge in [0.2, 0.25) is 0 Å². The van der Waals surface area contributed by atoms with Crippen molar-refractivity contribution in [3.63, 3.8) is 0 Å². The number of esters is 1. The number of rotatable bonds is 7. The second kappa shape index (κ2) is 8.11. The van der Waals surface area contributed by atoms with Gasteiger partial charge in [0.1, 0.15) is 18.1 Å². The first-order valence-corrected chi connectivity index (χ1v) is 7.90. The number of aromatic nitrogens is 1. The van der Waals surface area contributed by atoms with Crippen LogP contribution in [0.15, 0.2) is 23.4 Å². The smallest absolute Gasteiger partial charge is 0.405 e. The average Bonchev–Trinajstić information content (AvgIpc) is 2.45. The van der Waals surface area contributed by atoms with Gasteiger partial charge in [0.25, 0.3) is 0 Å². The molecule has 0 N–H and O–H groups in total. The fraction of sp³-hybridized carbons (Fsp3) is 0.538. The van der Waals surface area contributed by atoms with Gasteiger partial charge < -0.3 is 9.64 Å². The molecule has 0 saturated carbocycles. The van der Waals surface area contributed by atoms with E-state index in [1.807, 2.05) is 0 Å². The van der Waals surface area contributed by atoms with Gasteiger partial charge in [0.05, 0.1) is 29.3 Å². The molecule has 1 aromatic heterocycles. The van der Waals surface area contributed by atoms with Crippen molar-refractivity contribution in [3.05, 3.63) is 18.3 Å². The lowest BCUT2D eigenvalue weighted by molar-refractivity contribution is -0.142. The highest BCUT2D eigenvalue weighted by Gasteiger charge is 2.32. The van der Waals surface area contributed by atoms with E-state index in [2.05, 4.69) is 9.72 Å². The van der Waals surface area contributed by atoms with Gasteiger partial charge in [0.15, 0.2) is 0 Å². The van der Waals surface area contributed by atoms with Crippen LogP contribution in [0, 0.1) is 0 Å². The summed E-state index contributed by atoms with van der Waals surface area (Å²) >= 11 is 0. The fourth-order valence-electron chi connectivity index (χ4n) is 1.66. The van der Waals surface area contributed by atoms with Gasteiger partial charge >= 0.3 is 12.1 Å².